The molecule has 2 rings (SSSR count). The van der Waals surface area contributed by atoms with Gasteiger partial charge in [0.2, 0.25) is 5.91 Å². The fraction of sp³-hybridized carbons (Fsp3) is 0.636. The van der Waals surface area contributed by atoms with Crippen LogP contribution in [-0.4, -0.2) is 41.6 Å². The van der Waals surface area contributed by atoms with Gasteiger partial charge in [-0.25, -0.2) is 4.79 Å². The van der Waals surface area contributed by atoms with Gasteiger partial charge in [-0.1, -0.05) is 37.1 Å². The van der Waals surface area contributed by atoms with E-state index in [2.05, 4.69) is 27.7 Å². The summed E-state index contributed by atoms with van der Waals surface area (Å²) >= 11 is 0. The number of likely N-dealkylation sites (tertiary alicyclic amines) is 1. The van der Waals surface area contributed by atoms with E-state index in [1.807, 2.05) is 12.1 Å². The van der Waals surface area contributed by atoms with Gasteiger partial charge < -0.3 is 15.4 Å². The number of amides is 2. The van der Waals surface area contributed by atoms with Crippen LogP contribution in [0.5, 0.6) is 0 Å². The first-order chi connectivity index (χ1) is 13.2. The molecule has 0 aliphatic carbocycles. The number of nitrogens with zero attached hydrogens (tertiary/aromatic N) is 1. The number of ether oxygens (including phenoxy) is 1. The fourth-order valence-corrected chi connectivity index (χ4v) is 3.28. The van der Waals surface area contributed by atoms with Gasteiger partial charge in [-0.15, -0.1) is 0 Å². The van der Waals surface area contributed by atoms with E-state index in [-0.39, 0.29) is 5.91 Å². The number of hydrogen-bond donors (Lipinski definition) is 2. The maximum absolute atomic E-state index is 12.3. The third kappa shape index (κ3) is 8.30. The minimum atomic E-state index is -0.657. The van der Waals surface area contributed by atoms with Crippen LogP contribution < -0.4 is 10.6 Å². The second-order valence-electron chi connectivity index (χ2n) is 8.60. The predicted octanol–water partition coefficient (Wildman–Crippen LogP) is 3.59. The average Bonchev–Trinajstić information content (AvgIpc) is 2.87. The molecular weight excluding hydrogens is 354 g/mol. The van der Waals surface area contributed by atoms with Crippen molar-refractivity contribution in [3.63, 3.8) is 0 Å². The summed E-state index contributed by atoms with van der Waals surface area (Å²) in [6.45, 7) is 10.7. The first-order valence-corrected chi connectivity index (χ1v) is 10.3. The largest absolute Gasteiger partial charge is 0.444 e. The zero-order valence-electron chi connectivity index (χ0n) is 17.7. The molecule has 1 fully saturated rings. The minimum Gasteiger partial charge on any atom is -0.444 e. The van der Waals surface area contributed by atoms with E-state index in [4.69, 9.17) is 4.74 Å². The van der Waals surface area contributed by atoms with Crippen molar-refractivity contribution >= 4 is 12.0 Å². The van der Waals surface area contributed by atoms with Crippen molar-refractivity contribution in [1.82, 2.24) is 15.5 Å². The van der Waals surface area contributed by atoms with Crippen molar-refractivity contribution in [2.24, 2.45) is 0 Å². The van der Waals surface area contributed by atoms with Gasteiger partial charge in [0, 0.05) is 13.1 Å². The normalized spacial score (nSPS) is 16.7. The smallest absolute Gasteiger partial charge is 0.408 e. The molecule has 0 radical (unpaired) electrons. The summed E-state index contributed by atoms with van der Waals surface area (Å²) in [7, 11) is 0. The molecular formula is C22H35N3O3. The van der Waals surface area contributed by atoms with Gasteiger partial charge in [-0.05, 0) is 64.8 Å². The van der Waals surface area contributed by atoms with Crippen LogP contribution in [0.3, 0.4) is 0 Å². The standard InChI is InChI=1S/C22H35N3O3/c1-17(24-21(27)28-22(2,3)4)20(26)23-15-18-10-9-11-19(14-18)16-25-12-7-5-6-8-13-25/h9-11,14,17H,5-8,12-13,15-16H2,1-4H3,(H,23,26)(H,24,27)/t17-/m1/s1. The molecule has 1 aliphatic rings. The third-order valence-corrected chi connectivity index (χ3v) is 4.69. The van der Waals surface area contributed by atoms with Crippen LogP contribution in [0, 0.1) is 0 Å². The van der Waals surface area contributed by atoms with E-state index in [0.29, 0.717) is 6.54 Å². The Morgan fingerprint density at radius 3 is 2.39 bits per heavy atom. The highest BCUT2D eigenvalue weighted by Gasteiger charge is 2.20. The molecule has 28 heavy (non-hydrogen) atoms. The second-order valence-corrected chi connectivity index (χ2v) is 8.60. The van der Waals surface area contributed by atoms with Gasteiger partial charge in [-0.3, -0.25) is 9.69 Å². The predicted molar refractivity (Wildman–Crippen MR) is 111 cm³/mol. The summed E-state index contributed by atoms with van der Waals surface area (Å²) in [5.74, 6) is -0.233. The summed E-state index contributed by atoms with van der Waals surface area (Å²) < 4.78 is 5.18. The molecule has 2 N–H and O–H groups in total. The van der Waals surface area contributed by atoms with Crippen molar-refractivity contribution in [3.8, 4) is 0 Å². The summed E-state index contributed by atoms with van der Waals surface area (Å²) in [6.07, 6.45) is 4.63. The Bertz CT molecular complexity index is 647. The lowest BCUT2D eigenvalue weighted by Crippen LogP contribution is -2.46. The molecule has 1 aromatic carbocycles. The monoisotopic (exact) mass is 389 g/mol. The van der Waals surface area contributed by atoms with E-state index in [9.17, 15) is 9.59 Å². The van der Waals surface area contributed by atoms with E-state index in [1.165, 1.54) is 31.2 Å². The fourth-order valence-electron chi connectivity index (χ4n) is 3.28. The number of benzene rings is 1. The van der Waals surface area contributed by atoms with Crippen molar-refractivity contribution in [1.29, 1.82) is 0 Å². The highest BCUT2D eigenvalue weighted by atomic mass is 16.6. The van der Waals surface area contributed by atoms with Crippen LogP contribution in [0.4, 0.5) is 4.79 Å². The molecule has 1 aliphatic heterocycles. The van der Waals surface area contributed by atoms with E-state index < -0.39 is 17.7 Å². The SMILES string of the molecule is C[C@@H](NC(=O)OC(C)(C)C)C(=O)NCc1cccc(CN2CCCCCC2)c1. The van der Waals surface area contributed by atoms with Gasteiger partial charge in [0.15, 0.2) is 0 Å². The third-order valence-electron chi connectivity index (χ3n) is 4.69. The molecule has 1 saturated heterocycles. The van der Waals surface area contributed by atoms with E-state index in [0.717, 1.165) is 25.2 Å². The van der Waals surface area contributed by atoms with E-state index >= 15 is 0 Å². The van der Waals surface area contributed by atoms with Gasteiger partial charge in [0.1, 0.15) is 11.6 Å². The summed E-state index contributed by atoms with van der Waals surface area (Å²) in [5.41, 5.74) is 1.74. The Balaban J connectivity index is 1.81. The number of rotatable bonds is 6. The van der Waals surface area contributed by atoms with Crippen LogP contribution >= 0.6 is 0 Å². The number of carbonyl (C=O) groups excluding carboxylic acids is 2. The van der Waals surface area contributed by atoms with Crippen LogP contribution in [-0.2, 0) is 22.6 Å². The molecule has 0 saturated carbocycles. The number of hydrogen-bond acceptors (Lipinski definition) is 4. The Kier molecular flexibility index (Phi) is 8.30. The van der Waals surface area contributed by atoms with Crippen molar-refractivity contribution in [3.05, 3.63) is 35.4 Å². The first kappa shape index (κ1) is 22.2. The van der Waals surface area contributed by atoms with Crippen molar-refractivity contribution in [2.45, 2.75) is 78.1 Å². The quantitative estimate of drug-likeness (QED) is 0.780. The molecule has 156 valence electrons. The Morgan fingerprint density at radius 2 is 1.75 bits per heavy atom. The maximum atomic E-state index is 12.3. The Labute approximate surface area is 169 Å². The molecule has 1 aromatic rings. The number of carbonyl (C=O) groups is 2. The molecule has 2 amide bonds. The summed E-state index contributed by atoms with van der Waals surface area (Å²) in [6, 6.07) is 7.69. The van der Waals surface area contributed by atoms with Gasteiger partial charge in [0.05, 0.1) is 0 Å². The lowest BCUT2D eigenvalue weighted by molar-refractivity contribution is -0.122. The van der Waals surface area contributed by atoms with Crippen molar-refractivity contribution in [2.75, 3.05) is 13.1 Å². The lowest BCUT2D eigenvalue weighted by atomic mass is 10.1. The van der Waals surface area contributed by atoms with Gasteiger partial charge in [-0.2, -0.15) is 0 Å². The zero-order chi connectivity index (χ0) is 20.6. The molecule has 0 bridgehead atoms. The molecule has 6 heteroatoms. The maximum Gasteiger partial charge on any atom is 0.408 e. The van der Waals surface area contributed by atoms with Crippen LogP contribution in [0.25, 0.3) is 0 Å². The van der Waals surface area contributed by atoms with Gasteiger partial charge in [0.25, 0.3) is 0 Å². The lowest BCUT2D eigenvalue weighted by Gasteiger charge is -2.22. The molecule has 0 unspecified atom stereocenters. The van der Waals surface area contributed by atoms with Crippen LogP contribution in [0.2, 0.25) is 0 Å². The molecule has 0 spiro atoms. The van der Waals surface area contributed by atoms with Crippen molar-refractivity contribution < 1.29 is 14.3 Å². The number of nitrogens with one attached hydrogen (secondary N) is 2. The second kappa shape index (κ2) is 10.5. The Morgan fingerprint density at radius 1 is 1.11 bits per heavy atom. The highest BCUT2D eigenvalue weighted by molar-refractivity contribution is 5.85. The molecule has 1 atom stereocenters. The number of alkyl carbamates (subject to hydrolysis) is 1. The molecule has 0 aromatic heterocycles. The average molecular weight is 390 g/mol. The Hall–Kier alpha value is -2.08. The highest BCUT2D eigenvalue weighted by Crippen LogP contribution is 2.14. The van der Waals surface area contributed by atoms with Crippen LogP contribution in [0.15, 0.2) is 24.3 Å². The molecule has 6 nitrogen and oxygen atoms in total. The first-order valence-electron chi connectivity index (χ1n) is 10.3. The van der Waals surface area contributed by atoms with E-state index in [1.54, 1.807) is 27.7 Å². The summed E-state index contributed by atoms with van der Waals surface area (Å²) in [5, 5.41) is 5.45. The topological polar surface area (TPSA) is 70.7 Å². The van der Waals surface area contributed by atoms with Gasteiger partial charge >= 0.3 is 6.09 Å². The summed E-state index contributed by atoms with van der Waals surface area (Å²) in [4.78, 5) is 26.6. The molecule has 1 heterocycles. The van der Waals surface area contributed by atoms with Crippen LogP contribution in [0.1, 0.15) is 64.5 Å². The minimum absolute atomic E-state index is 0.233. The zero-order valence-corrected chi connectivity index (χ0v) is 17.7.